The molecule has 0 spiro atoms. The third kappa shape index (κ3) is 5.79. The second kappa shape index (κ2) is 7.04. The summed E-state index contributed by atoms with van der Waals surface area (Å²) in [7, 11) is -2.82. The first-order valence-corrected chi connectivity index (χ1v) is 9.31. The fourth-order valence-electron chi connectivity index (χ4n) is 2.73. The highest BCUT2D eigenvalue weighted by Gasteiger charge is 2.31. The zero-order chi connectivity index (χ0) is 14.5. The predicted molar refractivity (Wildman–Crippen MR) is 81.3 cm³/mol. The molecule has 1 saturated heterocycles. The van der Waals surface area contributed by atoms with Gasteiger partial charge in [-0.05, 0) is 33.2 Å². The fraction of sp³-hybridized carbons (Fsp3) is 1.00. The molecule has 0 amide bonds. The molecular weight excluding hydrogens is 260 g/mol. The smallest absolute Gasteiger partial charge is 0.150 e. The Kier molecular flexibility index (Phi) is 6.27. The molecule has 0 aliphatic carbocycles. The molecule has 1 aliphatic rings. The third-order valence-electron chi connectivity index (χ3n) is 3.89. The summed E-state index contributed by atoms with van der Waals surface area (Å²) >= 11 is 0. The Balaban J connectivity index is 2.50. The quantitative estimate of drug-likeness (QED) is 0.775. The number of sulfone groups is 1. The van der Waals surface area contributed by atoms with E-state index in [1.54, 1.807) is 6.92 Å². The van der Waals surface area contributed by atoms with Crippen LogP contribution < -0.4 is 5.32 Å². The second-order valence-electron chi connectivity index (χ2n) is 6.27. The maximum absolute atomic E-state index is 11.5. The van der Waals surface area contributed by atoms with E-state index in [-0.39, 0.29) is 11.3 Å². The molecule has 114 valence electrons. The predicted octanol–water partition coefficient (Wildman–Crippen LogP) is 1.66. The van der Waals surface area contributed by atoms with E-state index in [2.05, 4.69) is 31.0 Å². The Morgan fingerprint density at radius 3 is 2.58 bits per heavy atom. The van der Waals surface area contributed by atoms with Crippen molar-refractivity contribution >= 4 is 9.84 Å². The lowest BCUT2D eigenvalue weighted by Gasteiger charge is -2.44. The third-order valence-corrected chi connectivity index (χ3v) is 5.68. The van der Waals surface area contributed by atoms with Gasteiger partial charge in [-0.15, -0.1) is 0 Å². The van der Waals surface area contributed by atoms with E-state index in [0.29, 0.717) is 11.8 Å². The molecule has 1 aliphatic heterocycles. The Hall–Kier alpha value is -0.130. The van der Waals surface area contributed by atoms with Crippen LogP contribution in [0.1, 0.15) is 47.0 Å². The summed E-state index contributed by atoms with van der Waals surface area (Å²) in [6.07, 6.45) is 3.12. The van der Waals surface area contributed by atoms with Gasteiger partial charge in [-0.2, -0.15) is 0 Å². The first-order chi connectivity index (χ1) is 8.79. The van der Waals surface area contributed by atoms with Crippen molar-refractivity contribution in [1.82, 2.24) is 10.2 Å². The van der Waals surface area contributed by atoms with Crippen LogP contribution in [-0.4, -0.2) is 56.0 Å². The number of nitrogens with one attached hydrogen (secondary N) is 1. The molecule has 0 aromatic carbocycles. The highest BCUT2D eigenvalue weighted by atomic mass is 32.2. The van der Waals surface area contributed by atoms with E-state index >= 15 is 0 Å². The van der Waals surface area contributed by atoms with E-state index < -0.39 is 9.84 Å². The van der Waals surface area contributed by atoms with Crippen LogP contribution in [0.2, 0.25) is 0 Å². The molecule has 1 unspecified atom stereocenters. The summed E-state index contributed by atoms with van der Waals surface area (Å²) in [5.41, 5.74) is 0.133. The molecule has 1 rings (SSSR count). The number of hydrogen-bond donors (Lipinski definition) is 1. The van der Waals surface area contributed by atoms with Crippen molar-refractivity contribution in [3.8, 4) is 0 Å². The van der Waals surface area contributed by atoms with Crippen molar-refractivity contribution < 1.29 is 8.42 Å². The van der Waals surface area contributed by atoms with E-state index in [1.807, 2.05) is 0 Å². The summed E-state index contributed by atoms with van der Waals surface area (Å²) < 4.78 is 23.1. The molecule has 19 heavy (non-hydrogen) atoms. The van der Waals surface area contributed by atoms with E-state index in [9.17, 15) is 8.42 Å². The highest BCUT2D eigenvalue weighted by Crippen LogP contribution is 2.18. The van der Waals surface area contributed by atoms with Crippen molar-refractivity contribution in [2.45, 2.75) is 58.5 Å². The lowest BCUT2D eigenvalue weighted by molar-refractivity contribution is 0.0899. The summed E-state index contributed by atoms with van der Waals surface area (Å²) in [6.45, 7) is 11.3. The zero-order valence-corrected chi connectivity index (χ0v) is 13.7. The topological polar surface area (TPSA) is 49.4 Å². The van der Waals surface area contributed by atoms with Crippen molar-refractivity contribution in [2.24, 2.45) is 0 Å². The van der Waals surface area contributed by atoms with Crippen molar-refractivity contribution in [1.29, 1.82) is 0 Å². The van der Waals surface area contributed by atoms with Gasteiger partial charge in [0.2, 0.25) is 0 Å². The van der Waals surface area contributed by atoms with Gasteiger partial charge in [0, 0.05) is 30.4 Å². The minimum Gasteiger partial charge on any atom is -0.309 e. The zero-order valence-electron chi connectivity index (χ0n) is 12.9. The molecule has 0 radical (unpaired) electrons. The Labute approximate surface area is 118 Å². The Bertz CT molecular complexity index is 366. The number of hydrogen-bond acceptors (Lipinski definition) is 4. The SMILES string of the molecule is CCCC1CNC(C)(C)CN1CCCS(=O)(=O)CC. The lowest BCUT2D eigenvalue weighted by atomic mass is 9.96. The number of piperazine rings is 1. The van der Waals surface area contributed by atoms with Gasteiger partial charge in [-0.3, -0.25) is 4.90 Å². The second-order valence-corrected chi connectivity index (χ2v) is 8.74. The van der Waals surface area contributed by atoms with Crippen LogP contribution >= 0.6 is 0 Å². The first-order valence-electron chi connectivity index (χ1n) is 7.49. The van der Waals surface area contributed by atoms with Crippen LogP contribution in [0.25, 0.3) is 0 Å². The Morgan fingerprint density at radius 1 is 1.32 bits per heavy atom. The molecule has 1 atom stereocenters. The van der Waals surface area contributed by atoms with Gasteiger partial charge in [-0.25, -0.2) is 8.42 Å². The van der Waals surface area contributed by atoms with Gasteiger partial charge in [0.1, 0.15) is 9.84 Å². The van der Waals surface area contributed by atoms with Gasteiger partial charge in [0.05, 0.1) is 5.75 Å². The molecular formula is C14H30N2O2S. The maximum atomic E-state index is 11.5. The molecule has 0 saturated carbocycles. The van der Waals surface area contributed by atoms with Gasteiger partial charge >= 0.3 is 0 Å². The lowest BCUT2D eigenvalue weighted by Crippen LogP contribution is -2.61. The highest BCUT2D eigenvalue weighted by molar-refractivity contribution is 7.91. The van der Waals surface area contributed by atoms with Gasteiger partial charge in [-0.1, -0.05) is 20.3 Å². The van der Waals surface area contributed by atoms with Crippen LogP contribution in [0, 0.1) is 0 Å². The molecule has 0 aromatic heterocycles. The summed E-state index contributed by atoms with van der Waals surface area (Å²) in [6, 6.07) is 0.558. The normalized spacial score (nSPS) is 24.5. The largest absolute Gasteiger partial charge is 0.309 e. The molecule has 0 bridgehead atoms. The van der Waals surface area contributed by atoms with Gasteiger partial charge in [0.25, 0.3) is 0 Å². The molecule has 1 fully saturated rings. The summed E-state index contributed by atoms with van der Waals surface area (Å²) in [4.78, 5) is 2.48. The van der Waals surface area contributed by atoms with Crippen molar-refractivity contribution in [2.75, 3.05) is 31.1 Å². The van der Waals surface area contributed by atoms with E-state index in [0.717, 1.165) is 26.1 Å². The maximum Gasteiger partial charge on any atom is 0.150 e. The monoisotopic (exact) mass is 290 g/mol. The summed E-state index contributed by atoms with van der Waals surface area (Å²) in [5.74, 6) is 0.588. The average Bonchev–Trinajstić information content (AvgIpc) is 2.32. The van der Waals surface area contributed by atoms with Crippen molar-refractivity contribution in [3.05, 3.63) is 0 Å². The average molecular weight is 290 g/mol. The molecule has 0 aromatic rings. The molecule has 5 heteroatoms. The first kappa shape index (κ1) is 16.9. The molecule has 1 heterocycles. The fourth-order valence-corrected chi connectivity index (χ4v) is 3.58. The van der Waals surface area contributed by atoms with Gasteiger partial charge in [0.15, 0.2) is 0 Å². The molecule has 1 N–H and O–H groups in total. The minimum atomic E-state index is -2.82. The Morgan fingerprint density at radius 2 is 2.00 bits per heavy atom. The van der Waals surface area contributed by atoms with E-state index in [4.69, 9.17) is 0 Å². The van der Waals surface area contributed by atoms with Gasteiger partial charge < -0.3 is 5.32 Å². The standard InChI is InChI=1S/C14H30N2O2S/c1-5-8-13-11-15-14(3,4)12-16(13)9-7-10-19(17,18)6-2/h13,15H,5-12H2,1-4H3. The van der Waals surface area contributed by atoms with Crippen LogP contribution in [0.15, 0.2) is 0 Å². The number of nitrogens with zero attached hydrogens (tertiary/aromatic N) is 1. The van der Waals surface area contributed by atoms with E-state index in [1.165, 1.54) is 12.8 Å². The van der Waals surface area contributed by atoms with Crippen LogP contribution in [0.3, 0.4) is 0 Å². The molecule has 4 nitrogen and oxygen atoms in total. The van der Waals surface area contributed by atoms with Crippen LogP contribution in [0.4, 0.5) is 0 Å². The van der Waals surface area contributed by atoms with Crippen molar-refractivity contribution in [3.63, 3.8) is 0 Å². The minimum absolute atomic E-state index is 0.133. The number of rotatable bonds is 7. The van der Waals surface area contributed by atoms with Crippen LogP contribution in [0.5, 0.6) is 0 Å². The van der Waals surface area contributed by atoms with Crippen LogP contribution in [-0.2, 0) is 9.84 Å². The summed E-state index contributed by atoms with van der Waals surface area (Å²) in [5, 5.41) is 3.58.